The average Bonchev–Trinajstić information content (AvgIpc) is 2.68. The van der Waals surface area contributed by atoms with E-state index in [1.807, 2.05) is 4.90 Å². The van der Waals surface area contributed by atoms with Crippen molar-refractivity contribution in [3.05, 3.63) is 0 Å². The number of nitrogens with zero attached hydrogens (tertiary/aromatic N) is 1. The molecule has 1 saturated heterocycles. The summed E-state index contributed by atoms with van der Waals surface area (Å²) in [5.74, 6) is 1.82. The number of carbonyl (C=O) groups excluding carboxylic acids is 1. The van der Waals surface area contributed by atoms with Crippen molar-refractivity contribution in [3.8, 4) is 0 Å². The van der Waals surface area contributed by atoms with Crippen LogP contribution in [0, 0.1) is 11.8 Å². The molecule has 17 heavy (non-hydrogen) atoms. The lowest BCUT2D eigenvalue weighted by atomic mass is 9.98. The number of carbonyl (C=O) groups is 1. The molecule has 1 heterocycles. The fourth-order valence-corrected chi connectivity index (χ4v) is 3.13. The first-order valence-corrected chi connectivity index (χ1v) is 7.19. The van der Waals surface area contributed by atoms with Gasteiger partial charge < -0.3 is 10.2 Å². The molecular weight excluding hydrogens is 212 g/mol. The fraction of sp³-hybridized carbons (Fsp3) is 0.929. The normalized spacial score (nSPS) is 34.0. The summed E-state index contributed by atoms with van der Waals surface area (Å²) in [6.45, 7) is 7.11. The Morgan fingerprint density at radius 1 is 1.18 bits per heavy atom. The van der Waals surface area contributed by atoms with Crippen molar-refractivity contribution in [1.29, 1.82) is 0 Å². The largest absolute Gasteiger partial charge is 0.342 e. The summed E-state index contributed by atoms with van der Waals surface area (Å²) in [6.07, 6.45) is 6.19. The van der Waals surface area contributed by atoms with Gasteiger partial charge in [0.05, 0.1) is 6.54 Å². The first-order chi connectivity index (χ1) is 8.18. The molecule has 3 nitrogen and oxygen atoms in total. The monoisotopic (exact) mass is 238 g/mol. The predicted octanol–water partition coefficient (Wildman–Crippen LogP) is 2.02. The summed E-state index contributed by atoms with van der Waals surface area (Å²) in [5, 5.41) is 3.47. The van der Waals surface area contributed by atoms with E-state index in [-0.39, 0.29) is 0 Å². The van der Waals surface area contributed by atoms with Gasteiger partial charge in [0.1, 0.15) is 0 Å². The van der Waals surface area contributed by atoms with Crippen molar-refractivity contribution < 1.29 is 4.79 Å². The molecule has 0 radical (unpaired) electrons. The molecule has 1 aliphatic heterocycles. The first kappa shape index (κ1) is 12.9. The second-order valence-electron chi connectivity index (χ2n) is 5.84. The van der Waals surface area contributed by atoms with E-state index in [0.29, 0.717) is 24.4 Å². The van der Waals surface area contributed by atoms with Gasteiger partial charge in [-0.3, -0.25) is 4.79 Å². The molecule has 0 spiro atoms. The molecule has 1 amide bonds. The van der Waals surface area contributed by atoms with Gasteiger partial charge in [-0.05, 0) is 43.9 Å². The molecule has 98 valence electrons. The third-order valence-electron chi connectivity index (χ3n) is 4.69. The minimum Gasteiger partial charge on any atom is -0.342 e. The standard InChI is InChI=1S/C14H26N2O/c1-11-6-7-13(12(11)2)15-10-14(17)16-8-4-3-5-9-16/h11-13,15H,3-10H2,1-2H3. The van der Waals surface area contributed by atoms with Gasteiger partial charge in [-0.25, -0.2) is 0 Å². The zero-order valence-corrected chi connectivity index (χ0v) is 11.2. The molecule has 2 aliphatic rings. The van der Waals surface area contributed by atoms with Crippen molar-refractivity contribution in [1.82, 2.24) is 10.2 Å². The fourth-order valence-electron chi connectivity index (χ4n) is 3.13. The maximum Gasteiger partial charge on any atom is 0.236 e. The number of amides is 1. The van der Waals surface area contributed by atoms with Crippen LogP contribution in [0.15, 0.2) is 0 Å². The molecule has 3 unspecified atom stereocenters. The quantitative estimate of drug-likeness (QED) is 0.816. The molecule has 2 fully saturated rings. The van der Waals surface area contributed by atoms with Crippen LogP contribution < -0.4 is 5.32 Å². The lowest BCUT2D eigenvalue weighted by Crippen LogP contribution is -2.44. The van der Waals surface area contributed by atoms with Gasteiger partial charge in [-0.2, -0.15) is 0 Å². The van der Waals surface area contributed by atoms with Crippen molar-refractivity contribution in [3.63, 3.8) is 0 Å². The van der Waals surface area contributed by atoms with Gasteiger partial charge in [0.2, 0.25) is 5.91 Å². The van der Waals surface area contributed by atoms with E-state index in [2.05, 4.69) is 19.2 Å². The summed E-state index contributed by atoms with van der Waals surface area (Å²) < 4.78 is 0. The molecule has 0 aromatic carbocycles. The molecule has 3 heteroatoms. The Labute approximate surface area is 105 Å². The Hall–Kier alpha value is -0.570. The van der Waals surface area contributed by atoms with Crippen LogP contribution in [0.1, 0.15) is 46.0 Å². The number of piperidine rings is 1. The highest BCUT2D eigenvalue weighted by atomic mass is 16.2. The predicted molar refractivity (Wildman–Crippen MR) is 69.8 cm³/mol. The lowest BCUT2D eigenvalue weighted by Gasteiger charge is -2.28. The van der Waals surface area contributed by atoms with Crippen LogP contribution in [-0.2, 0) is 4.79 Å². The van der Waals surface area contributed by atoms with Gasteiger partial charge in [-0.1, -0.05) is 13.8 Å². The molecular formula is C14H26N2O. The van der Waals surface area contributed by atoms with Crippen molar-refractivity contribution in [2.75, 3.05) is 19.6 Å². The number of hydrogen-bond acceptors (Lipinski definition) is 2. The minimum atomic E-state index is 0.302. The summed E-state index contributed by atoms with van der Waals surface area (Å²) in [7, 11) is 0. The van der Waals surface area contributed by atoms with Crippen LogP contribution in [-0.4, -0.2) is 36.5 Å². The minimum absolute atomic E-state index is 0.302. The molecule has 1 N–H and O–H groups in total. The van der Waals surface area contributed by atoms with Crippen LogP contribution >= 0.6 is 0 Å². The SMILES string of the molecule is CC1CCC(NCC(=O)N2CCCCC2)C1C. The molecule has 3 atom stereocenters. The number of nitrogens with one attached hydrogen (secondary N) is 1. The summed E-state index contributed by atoms with van der Waals surface area (Å²) in [4.78, 5) is 14.0. The Bertz CT molecular complexity index is 261. The highest BCUT2D eigenvalue weighted by Crippen LogP contribution is 2.30. The van der Waals surface area contributed by atoms with E-state index < -0.39 is 0 Å². The average molecular weight is 238 g/mol. The number of hydrogen-bond donors (Lipinski definition) is 1. The van der Waals surface area contributed by atoms with Crippen molar-refractivity contribution in [2.24, 2.45) is 11.8 Å². The highest BCUT2D eigenvalue weighted by Gasteiger charge is 2.30. The smallest absolute Gasteiger partial charge is 0.236 e. The van der Waals surface area contributed by atoms with Gasteiger partial charge in [0, 0.05) is 19.1 Å². The summed E-state index contributed by atoms with van der Waals surface area (Å²) >= 11 is 0. The van der Waals surface area contributed by atoms with Gasteiger partial charge in [0.25, 0.3) is 0 Å². The van der Waals surface area contributed by atoms with Gasteiger partial charge in [-0.15, -0.1) is 0 Å². The van der Waals surface area contributed by atoms with E-state index in [1.54, 1.807) is 0 Å². The number of likely N-dealkylation sites (tertiary alicyclic amines) is 1. The Kier molecular flexibility index (Phi) is 4.43. The lowest BCUT2D eigenvalue weighted by molar-refractivity contribution is -0.131. The second-order valence-corrected chi connectivity index (χ2v) is 5.84. The van der Waals surface area contributed by atoms with E-state index in [0.717, 1.165) is 19.0 Å². The van der Waals surface area contributed by atoms with Crippen molar-refractivity contribution >= 4 is 5.91 Å². The van der Waals surface area contributed by atoms with Gasteiger partial charge >= 0.3 is 0 Å². The van der Waals surface area contributed by atoms with Crippen LogP contribution in [0.3, 0.4) is 0 Å². The first-order valence-electron chi connectivity index (χ1n) is 7.19. The summed E-state index contributed by atoms with van der Waals surface area (Å²) in [6, 6.07) is 0.554. The van der Waals surface area contributed by atoms with E-state index in [4.69, 9.17) is 0 Å². The van der Waals surface area contributed by atoms with Crippen LogP contribution in [0.25, 0.3) is 0 Å². The van der Waals surface area contributed by atoms with Crippen LogP contribution in [0.4, 0.5) is 0 Å². The zero-order chi connectivity index (χ0) is 12.3. The molecule has 1 aliphatic carbocycles. The van der Waals surface area contributed by atoms with Gasteiger partial charge in [0.15, 0.2) is 0 Å². The topological polar surface area (TPSA) is 32.3 Å². The van der Waals surface area contributed by atoms with Crippen LogP contribution in [0.2, 0.25) is 0 Å². The third kappa shape index (κ3) is 3.21. The molecule has 2 rings (SSSR count). The maximum absolute atomic E-state index is 12.0. The zero-order valence-electron chi connectivity index (χ0n) is 11.2. The van der Waals surface area contributed by atoms with E-state index in [1.165, 1.54) is 32.1 Å². The Balaban J connectivity index is 1.72. The Morgan fingerprint density at radius 2 is 1.88 bits per heavy atom. The molecule has 1 saturated carbocycles. The Morgan fingerprint density at radius 3 is 2.47 bits per heavy atom. The highest BCUT2D eigenvalue weighted by molar-refractivity contribution is 5.78. The maximum atomic E-state index is 12.0. The van der Waals surface area contributed by atoms with Crippen LogP contribution in [0.5, 0.6) is 0 Å². The van der Waals surface area contributed by atoms with E-state index >= 15 is 0 Å². The second kappa shape index (κ2) is 5.85. The molecule has 0 aromatic rings. The molecule has 0 bridgehead atoms. The van der Waals surface area contributed by atoms with E-state index in [9.17, 15) is 4.79 Å². The third-order valence-corrected chi connectivity index (χ3v) is 4.69. The number of rotatable bonds is 3. The molecule has 0 aromatic heterocycles. The summed E-state index contributed by atoms with van der Waals surface area (Å²) in [5.41, 5.74) is 0. The van der Waals surface area contributed by atoms with Crippen molar-refractivity contribution in [2.45, 2.75) is 52.0 Å².